The van der Waals surface area contributed by atoms with Crippen molar-refractivity contribution < 1.29 is 24.3 Å². The summed E-state index contributed by atoms with van der Waals surface area (Å²) in [5, 5.41) is 25.7. The van der Waals surface area contributed by atoms with Gasteiger partial charge in [-0.1, -0.05) is 41.0 Å². The number of carbonyl (C=O) groups is 2. The number of rotatable bonds is 8. The van der Waals surface area contributed by atoms with Crippen LogP contribution in [0, 0.1) is 18.7 Å². The molecule has 204 valence electrons. The lowest BCUT2D eigenvalue weighted by Crippen LogP contribution is -2.39. The molecule has 4 rings (SSSR count). The van der Waals surface area contributed by atoms with Crippen molar-refractivity contribution in [2.24, 2.45) is 11.1 Å². The minimum Gasteiger partial charge on any atom is -0.481 e. The fourth-order valence-electron chi connectivity index (χ4n) is 5.02. The average molecular weight is 554 g/mol. The Morgan fingerprint density at radius 3 is 2.49 bits per heavy atom. The highest BCUT2D eigenvalue weighted by Crippen LogP contribution is 2.35. The summed E-state index contributed by atoms with van der Waals surface area (Å²) >= 11 is 6.50. The molecule has 10 heteroatoms. The van der Waals surface area contributed by atoms with Gasteiger partial charge >= 0.3 is 5.97 Å². The summed E-state index contributed by atoms with van der Waals surface area (Å²) in [4.78, 5) is 38.4. The molecule has 1 aliphatic rings. The SMILES string of the molecule is Cc1cc(/C(CC(c2ccc(C(=O)NC3CCC(C(=O)O)CC3)c(F)c2)c2ccccc2Cl)=N/O)c[nH]c1=O. The largest absolute Gasteiger partial charge is 0.481 e. The summed E-state index contributed by atoms with van der Waals surface area (Å²) in [5.74, 6) is -3.06. The predicted molar refractivity (Wildman–Crippen MR) is 145 cm³/mol. The summed E-state index contributed by atoms with van der Waals surface area (Å²) in [6.45, 7) is 1.64. The number of halogens is 2. The second-order valence-electron chi connectivity index (χ2n) is 9.82. The lowest BCUT2D eigenvalue weighted by molar-refractivity contribution is -0.142. The van der Waals surface area contributed by atoms with Gasteiger partial charge in [-0.2, -0.15) is 0 Å². The molecule has 8 nitrogen and oxygen atoms in total. The average Bonchev–Trinajstić information content (AvgIpc) is 2.92. The van der Waals surface area contributed by atoms with Crippen LogP contribution < -0.4 is 10.9 Å². The van der Waals surface area contributed by atoms with Crippen molar-refractivity contribution in [3.63, 3.8) is 0 Å². The predicted octanol–water partition coefficient (Wildman–Crippen LogP) is 5.25. The second kappa shape index (κ2) is 12.3. The topological polar surface area (TPSA) is 132 Å². The first-order chi connectivity index (χ1) is 18.7. The number of hydrogen-bond acceptors (Lipinski definition) is 5. The van der Waals surface area contributed by atoms with Gasteiger partial charge in [0, 0.05) is 40.7 Å². The highest BCUT2D eigenvalue weighted by Gasteiger charge is 2.28. The number of aliphatic carboxylic acids is 1. The number of amides is 1. The molecule has 4 N–H and O–H groups in total. The fraction of sp³-hybridized carbons (Fsp3) is 0.310. The molecule has 1 heterocycles. The second-order valence-corrected chi connectivity index (χ2v) is 10.2. The highest BCUT2D eigenvalue weighted by molar-refractivity contribution is 6.31. The molecule has 39 heavy (non-hydrogen) atoms. The van der Waals surface area contributed by atoms with Crippen LogP contribution in [0.2, 0.25) is 5.02 Å². The number of pyridine rings is 1. The number of nitrogens with one attached hydrogen (secondary N) is 2. The first kappa shape index (κ1) is 28.0. The van der Waals surface area contributed by atoms with E-state index in [9.17, 15) is 19.6 Å². The Bertz CT molecular complexity index is 1460. The molecular formula is C29H29ClFN3O5. The summed E-state index contributed by atoms with van der Waals surface area (Å²) < 4.78 is 15.3. The van der Waals surface area contributed by atoms with E-state index in [2.05, 4.69) is 15.5 Å². The van der Waals surface area contributed by atoms with E-state index in [1.54, 1.807) is 43.3 Å². The van der Waals surface area contributed by atoms with Gasteiger partial charge in [0.15, 0.2) is 0 Å². The molecule has 1 unspecified atom stereocenters. The van der Waals surface area contributed by atoms with Gasteiger partial charge < -0.3 is 20.6 Å². The zero-order chi connectivity index (χ0) is 28.1. The van der Waals surface area contributed by atoms with Gasteiger partial charge in [0.2, 0.25) is 0 Å². The van der Waals surface area contributed by atoms with E-state index in [-0.39, 0.29) is 29.3 Å². The number of oxime groups is 1. The van der Waals surface area contributed by atoms with Crippen molar-refractivity contribution in [3.8, 4) is 0 Å². The van der Waals surface area contributed by atoms with Crippen LogP contribution in [0.5, 0.6) is 0 Å². The Hall–Kier alpha value is -3.98. The molecule has 1 amide bonds. The third kappa shape index (κ3) is 6.54. The van der Waals surface area contributed by atoms with E-state index in [1.807, 2.05) is 0 Å². The standard InChI is InChI=1S/C29H29ClFN3O5/c1-16-12-19(15-32-27(16)35)26(34-39)14-23(21-4-2-3-5-24(21)30)18-8-11-22(25(31)13-18)28(36)33-20-9-6-17(7-10-20)29(37)38/h2-5,8,11-13,15,17,20,23,39H,6-7,9-10,14H2,1H3,(H,32,35)(H,33,36)(H,37,38)/b34-26+. The molecule has 0 radical (unpaired) electrons. The monoisotopic (exact) mass is 553 g/mol. The van der Waals surface area contributed by atoms with Crippen molar-refractivity contribution in [1.82, 2.24) is 10.3 Å². The minimum atomic E-state index is -0.834. The third-order valence-electron chi connectivity index (χ3n) is 7.27. The molecule has 3 aromatic rings. The lowest BCUT2D eigenvalue weighted by atomic mass is 9.84. The van der Waals surface area contributed by atoms with Gasteiger partial charge in [-0.3, -0.25) is 14.4 Å². The normalized spacial score (nSPS) is 18.4. The van der Waals surface area contributed by atoms with Gasteiger partial charge in [0.25, 0.3) is 11.5 Å². The number of hydrogen-bond donors (Lipinski definition) is 4. The molecule has 1 saturated carbocycles. The number of benzene rings is 2. The quantitative estimate of drug-likeness (QED) is 0.172. The van der Waals surface area contributed by atoms with Crippen LogP contribution in [0.25, 0.3) is 0 Å². The Labute approximate surface area is 229 Å². The molecule has 0 aliphatic heterocycles. The van der Waals surface area contributed by atoms with Gasteiger partial charge in [0.05, 0.1) is 17.2 Å². The molecule has 0 saturated heterocycles. The number of aromatic amines is 1. The van der Waals surface area contributed by atoms with Crippen molar-refractivity contribution in [1.29, 1.82) is 0 Å². The number of nitrogens with zero attached hydrogens (tertiary/aromatic N) is 1. The van der Waals surface area contributed by atoms with E-state index in [1.165, 1.54) is 18.3 Å². The van der Waals surface area contributed by atoms with Crippen LogP contribution in [0.4, 0.5) is 4.39 Å². The number of carbonyl (C=O) groups excluding carboxylic acids is 1. The maximum Gasteiger partial charge on any atom is 0.306 e. The summed E-state index contributed by atoms with van der Waals surface area (Å²) in [5.41, 5.74) is 2.02. The number of aryl methyl sites for hydroxylation is 1. The maximum atomic E-state index is 15.3. The zero-order valence-electron chi connectivity index (χ0n) is 21.3. The number of aromatic nitrogens is 1. The highest BCUT2D eigenvalue weighted by atomic mass is 35.5. The van der Waals surface area contributed by atoms with Crippen LogP contribution in [-0.4, -0.2) is 38.9 Å². The van der Waals surface area contributed by atoms with Gasteiger partial charge in [0.1, 0.15) is 5.82 Å². The molecule has 2 aromatic carbocycles. The van der Waals surface area contributed by atoms with Crippen molar-refractivity contribution >= 4 is 29.2 Å². The van der Waals surface area contributed by atoms with Crippen LogP contribution in [0.15, 0.2) is 64.7 Å². The molecular weight excluding hydrogens is 525 g/mol. The molecule has 1 aromatic heterocycles. The number of carboxylic acid groups (broad SMARTS) is 1. The Kier molecular flexibility index (Phi) is 8.81. The fourth-order valence-corrected chi connectivity index (χ4v) is 5.29. The van der Waals surface area contributed by atoms with Crippen LogP contribution in [0.1, 0.15) is 70.6 Å². The van der Waals surface area contributed by atoms with E-state index in [0.29, 0.717) is 53.0 Å². The van der Waals surface area contributed by atoms with Crippen LogP contribution in [-0.2, 0) is 4.79 Å². The molecule has 1 fully saturated rings. The van der Waals surface area contributed by atoms with Crippen LogP contribution in [0.3, 0.4) is 0 Å². The minimum absolute atomic E-state index is 0.121. The first-order valence-corrected chi connectivity index (χ1v) is 13.0. The Morgan fingerprint density at radius 1 is 1.15 bits per heavy atom. The van der Waals surface area contributed by atoms with Gasteiger partial charge in [-0.15, -0.1) is 0 Å². The third-order valence-corrected chi connectivity index (χ3v) is 7.62. The smallest absolute Gasteiger partial charge is 0.306 e. The van der Waals surface area contributed by atoms with Crippen LogP contribution >= 0.6 is 11.6 Å². The Balaban J connectivity index is 1.60. The van der Waals surface area contributed by atoms with E-state index < -0.39 is 29.5 Å². The maximum absolute atomic E-state index is 15.3. The van der Waals surface area contributed by atoms with Gasteiger partial charge in [-0.05, 0) is 68.0 Å². The van der Waals surface area contributed by atoms with Crippen molar-refractivity contribution in [3.05, 3.63) is 104 Å². The summed E-state index contributed by atoms with van der Waals surface area (Å²) in [7, 11) is 0. The molecule has 1 atom stereocenters. The van der Waals surface area contributed by atoms with E-state index in [0.717, 1.165) is 0 Å². The molecule has 0 bridgehead atoms. The first-order valence-electron chi connectivity index (χ1n) is 12.7. The van der Waals surface area contributed by atoms with Gasteiger partial charge in [-0.25, -0.2) is 4.39 Å². The van der Waals surface area contributed by atoms with E-state index in [4.69, 9.17) is 16.7 Å². The van der Waals surface area contributed by atoms with Crippen molar-refractivity contribution in [2.45, 2.75) is 51.0 Å². The lowest BCUT2D eigenvalue weighted by Gasteiger charge is -2.27. The summed E-state index contributed by atoms with van der Waals surface area (Å²) in [6.07, 6.45) is 3.54. The molecule has 0 spiro atoms. The summed E-state index contributed by atoms with van der Waals surface area (Å²) in [6, 6.07) is 12.8. The number of carboxylic acids is 1. The Morgan fingerprint density at radius 2 is 1.87 bits per heavy atom. The van der Waals surface area contributed by atoms with E-state index >= 15 is 4.39 Å². The van der Waals surface area contributed by atoms with Crippen molar-refractivity contribution in [2.75, 3.05) is 0 Å². The number of H-pyrrole nitrogens is 1. The molecule has 1 aliphatic carbocycles. The zero-order valence-corrected chi connectivity index (χ0v) is 22.0.